The highest BCUT2D eigenvalue weighted by Gasteiger charge is 2.28. The first-order chi connectivity index (χ1) is 11.7. The zero-order valence-corrected chi connectivity index (χ0v) is 14.2. The molecule has 6 heteroatoms. The van der Waals surface area contributed by atoms with Crippen molar-refractivity contribution in [3.05, 3.63) is 23.4 Å². The highest BCUT2D eigenvalue weighted by molar-refractivity contribution is 5.69. The number of carboxylic acid groups (broad SMARTS) is 1. The minimum atomic E-state index is -0.764. The standard InChI is InChI=1S/C18H27N3O3/c22-17(23)13-21-11-16(12-21)24-10-3-1-2-6-15-8-7-14-5-4-9-19-18(14)20-15/h7-8,16H,1-6,9-13H2,(H,19,20)(H,22,23). The molecule has 0 unspecified atom stereocenters. The number of aryl methyl sites for hydroxylation is 2. The van der Waals surface area contributed by atoms with Crippen molar-refractivity contribution in [3.63, 3.8) is 0 Å². The van der Waals surface area contributed by atoms with E-state index >= 15 is 0 Å². The molecule has 0 spiro atoms. The van der Waals surface area contributed by atoms with Crippen molar-refractivity contribution in [1.29, 1.82) is 0 Å². The first-order valence-electron chi connectivity index (χ1n) is 8.99. The lowest BCUT2D eigenvalue weighted by Gasteiger charge is -2.37. The summed E-state index contributed by atoms with van der Waals surface area (Å²) >= 11 is 0. The fourth-order valence-corrected chi connectivity index (χ4v) is 3.29. The van der Waals surface area contributed by atoms with Crippen LogP contribution in [0.2, 0.25) is 0 Å². The van der Waals surface area contributed by atoms with Crippen molar-refractivity contribution >= 4 is 11.8 Å². The van der Waals surface area contributed by atoms with E-state index in [1.54, 1.807) is 0 Å². The van der Waals surface area contributed by atoms with Gasteiger partial charge in [0.2, 0.25) is 0 Å². The molecule has 3 heterocycles. The molecule has 0 aliphatic carbocycles. The predicted octanol–water partition coefficient (Wildman–Crippen LogP) is 1.94. The van der Waals surface area contributed by atoms with Gasteiger partial charge in [-0.05, 0) is 43.7 Å². The number of hydrogen-bond donors (Lipinski definition) is 2. The predicted molar refractivity (Wildman–Crippen MR) is 92.4 cm³/mol. The number of nitrogens with one attached hydrogen (secondary N) is 1. The lowest BCUT2D eigenvalue weighted by molar-refractivity contribution is -0.142. The Hall–Kier alpha value is -1.66. The largest absolute Gasteiger partial charge is 0.480 e. The first kappa shape index (κ1) is 17.2. The van der Waals surface area contributed by atoms with Crippen LogP contribution < -0.4 is 5.32 Å². The summed E-state index contributed by atoms with van der Waals surface area (Å²) in [5, 5.41) is 12.1. The van der Waals surface area contributed by atoms with Gasteiger partial charge in [-0.2, -0.15) is 0 Å². The Labute approximate surface area is 143 Å². The van der Waals surface area contributed by atoms with Gasteiger partial charge in [0, 0.05) is 31.9 Å². The second kappa shape index (κ2) is 8.44. The molecule has 0 atom stereocenters. The summed E-state index contributed by atoms with van der Waals surface area (Å²) in [5.41, 5.74) is 2.52. The number of pyridine rings is 1. The molecule has 0 aromatic carbocycles. The summed E-state index contributed by atoms with van der Waals surface area (Å²) < 4.78 is 5.76. The fraction of sp³-hybridized carbons (Fsp3) is 0.667. The van der Waals surface area contributed by atoms with Gasteiger partial charge in [0.15, 0.2) is 0 Å². The Bertz CT molecular complexity index is 558. The van der Waals surface area contributed by atoms with Crippen LogP contribution in [0.15, 0.2) is 12.1 Å². The Morgan fingerprint density at radius 3 is 3.04 bits per heavy atom. The fourth-order valence-electron chi connectivity index (χ4n) is 3.29. The molecule has 2 N–H and O–H groups in total. The molecule has 132 valence electrons. The number of carbonyl (C=O) groups is 1. The first-order valence-corrected chi connectivity index (χ1v) is 8.99. The second-order valence-electron chi connectivity index (χ2n) is 6.73. The van der Waals surface area contributed by atoms with E-state index in [2.05, 4.69) is 17.4 Å². The number of unbranched alkanes of at least 4 members (excludes halogenated alkanes) is 2. The number of likely N-dealkylation sites (tertiary alicyclic amines) is 1. The van der Waals surface area contributed by atoms with Crippen LogP contribution in [0, 0.1) is 0 Å². The van der Waals surface area contributed by atoms with Crippen molar-refractivity contribution < 1.29 is 14.6 Å². The second-order valence-corrected chi connectivity index (χ2v) is 6.73. The van der Waals surface area contributed by atoms with Crippen LogP contribution in [0.1, 0.15) is 36.9 Å². The summed E-state index contributed by atoms with van der Waals surface area (Å²) in [6.07, 6.45) is 6.89. The Balaban J connectivity index is 1.24. The molecule has 0 bridgehead atoms. The molecule has 24 heavy (non-hydrogen) atoms. The summed E-state index contributed by atoms with van der Waals surface area (Å²) in [4.78, 5) is 17.2. The van der Waals surface area contributed by atoms with Gasteiger partial charge in [0.05, 0.1) is 12.6 Å². The number of nitrogens with zero attached hydrogens (tertiary/aromatic N) is 2. The van der Waals surface area contributed by atoms with E-state index < -0.39 is 5.97 Å². The summed E-state index contributed by atoms with van der Waals surface area (Å²) in [7, 11) is 0. The number of ether oxygens (including phenoxy) is 1. The molecular formula is C18H27N3O3. The third-order valence-corrected chi connectivity index (χ3v) is 4.67. The van der Waals surface area contributed by atoms with Gasteiger partial charge >= 0.3 is 5.97 Å². The van der Waals surface area contributed by atoms with Crippen molar-refractivity contribution in [3.8, 4) is 0 Å². The van der Waals surface area contributed by atoms with Crippen LogP contribution in [0.3, 0.4) is 0 Å². The van der Waals surface area contributed by atoms with E-state index in [0.29, 0.717) is 0 Å². The molecule has 0 saturated carbocycles. The van der Waals surface area contributed by atoms with Crippen LogP contribution in [-0.4, -0.2) is 59.8 Å². The molecule has 3 rings (SSSR count). The molecule has 0 amide bonds. The molecule has 6 nitrogen and oxygen atoms in total. The third kappa shape index (κ3) is 4.92. The Kier molecular flexibility index (Phi) is 6.04. The molecule has 2 aliphatic heterocycles. The smallest absolute Gasteiger partial charge is 0.317 e. The van der Waals surface area contributed by atoms with E-state index in [9.17, 15) is 4.79 Å². The number of fused-ring (bicyclic) bond motifs is 1. The van der Waals surface area contributed by atoms with E-state index in [0.717, 1.165) is 64.2 Å². The van der Waals surface area contributed by atoms with Gasteiger partial charge in [-0.25, -0.2) is 4.98 Å². The normalized spacial score (nSPS) is 17.8. The summed E-state index contributed by atoms with van der Waals surface area (Å²) in [6.45, 7) is 3.43. The molecule has 1 saturated heterocycles. The van der Waals surface area contributed by atoms with Gasteiger partial charge in [0.25, 0.3) is 0 Å². The quantitative estimate of drug-likeness (QED) is 0.673. The number of aromatic nitrogens is 1. The SMILES string of the molecule is O=C(O)CN1CC(OCCCCCc2ccc3c(n2)NCCC3)C1. The van der Waals surface area contributed by atoms with Crippen LogP contribution in [0.5, 0.6) is 0 Å². The summed E-state index contributed by atoms with van der Waals surface area (Å²) in [5.74, 6) is 0.317. The summed E-state index contributed by atoms with van der Waals surface area (Å²) in [6, 6.07) is 4.38. The average Bonchev–Trinajstić information content (AvgIpc) is 2.54. The van der Waals surface area contributed by atoms with Crippen molar-refractivity contribution in [2.75, 3.05) is 38.1 Å². The van der Waals surface area contributed by atoms with Gasteiger partial charge in [0.1, 0.15) is 5.82 Å². The van der Waals surface area contributed by atoms with Crippen LogP contribution >= 0.6 is 0 Å². The Morgan fingerprint density at radius 1 is 1.33 bits per heavy atom. The Morgan fingerprint density at radius 2 is 2.21 bits per heavy atom. The topological polar surface area (TPSA) is 74.7 Å². The molecule has 2 aliphatic rings. The van der Waals surface area contributed by atoms with Crippen molar-refractivity contribution in [2.45, 2.75) is 44.6 Å². The van der Waals surface area contributed by atoms with Crippen molar-refractivity contribution in [1.82, 2.24) is 9.88 Å². The zero-order chi connectivity index (χ0) is 16.8. The van der Waals surface area contributed by atoms with E-state index in [-0.39, 0.29) is 12.6 Å². The van der Waals surface area contributed by atoms with E-state index in [1.165, 1.54) is 17.7 Å². The molecule has 1 aromatic rings. The van der Waals surface area contributed by atoms with Gasteiger partial charge < -0.3 is 15.2 Å². The lowest BCUT2D eigenvalue weighted by Crippen LogP contribution is -2.53. The molecule has 0 radical (unpaired) electrons. The molecule has 1 fully saturated rings. The molecule has 1 aromatic heterocycles. The highest BCUT2D eigenvalue weighted by atomic mass is 16.5. The highest BCUT2D eigenvalue weighted by Crippen LogP contribution is 2.20. The van der Waals surface area contributed by atoms with E-state index in [4.69, 9.17) is 14.8 Å². The third-order valence-electron chi connectivity index (χ3n) is 4.67. The number of aliphatic carboxylic acids is 1. The number of carboxylic acids is 1. The zero-order valence-electron chi connectivity index (χ0n) is 14.2. The van der Waals surface area contributed by atoms with Crippen LogP contribution in [0.4, 0.5) is 5.82 Å². The number of hydrogen-bond acceptors (Lipinski definition) is 5. The minimum absolute atomic E-state index is 0.127. The average molecular weight is 333 g/mol. The minimum Gasteiger partial charge on any atom is -0.480 e. The number of rotatable bonds is 9. The van der Waals surface area contributed by atoms with Gasteiger partial charge in [-0.1, -0.05) is 12.5 Å². The lowest BCUT2D eigenvalue weighted by atomic mass is 10.1. The molecular weight excluding hydrogens is 306 g/mol. The number of anilines is 1. The maximum Gasteiger partial charge on any atom is 0.317 e. The maximum absolute atomic E-state index is 10.5. The van der Waals surface area contributed by atoms with Gasteiger partial charge in [-0.15, -0.1) is 0 Å². The monoisotopic (exact) mass is 333 g/mol. The van der Waals surface area contributed by atoms with Gasteiger partial charge in [-0.3, -0.25) is 9.69 Å². The maximum atomic E-state index is 10.5. The van der Waals surface area contributed by atoms with Crippen LogP contribution in [-0.2, 0) is 22.4 Å². The van der Waals surface area contributed by atoms with Crippen LogP contribution in [0.25, 0.3) is 0 Å². The van der Waals surface area contributed by atoms with E-state index in [1.807, 2.05) is 4.90 Å². The van der Waals surface area contributed by atoms with Crippen molar-refractivity contribution in [2.24, 2.45) is 0 Å².